The zero-order valence-electron chi connectivity index (χ0n) is 15.0. The molecule has 0 bridgehead atoms. The average molecular weight is 359 g/mol. The zero-order chi connectivity index (χ0) is 18.1. The first-order chi connectivity index (χ1) is 12.1. The van der Waals surface area contributed by atoms with Crippen molar-refractivity contribution in [1.29, 1.82) is 0 Å². The highest BCUT2D eigenvalue weighted by Gasteiger charge is 2.20. The Morgan fingerprint density at radius 3 is 2.28 bits per heavy atom. The number of hydrogen-bond donors (Lipinski definition) is 0. The number of amides is 2. The quantitative estimate of drug-likeness (QED) is 0.681. The monoisotopic (exact) mass is 358 g/mol. The van der Waals surface area contributed by atoms with Gasteiger partial charge in [-0.15, -0.1) is 11.3 Å². The smallest absolute Gasteiger partial charge is 0.242 e. The van der Waals surface area contributed by atoms with Crippen LogP contribution in [0.2, 0.25) is 0 Å². The van der Waals surface area contributed by atoms with Gasteiger partial charge in [-0.1, -0.05) is 50.2 Å². The molecule has 0 aliphatic carbocycles. The SMILES string of the molecule is CCCN(CC(=O)N(Cc1ccccc1)Cc1cccs1)C(=O)CC. The summed E-state index contributed by atoms with van der Waals surface area (Å²) in [5.41, 5.74) is 1.09. The largest absolute Gasteiger partial charge is 0.333 e. The lowest BCUT2D eigenvalue weighted by Gasteiger charge is -2.27. The van der Waals surface area contributed by atoms with Crippen molar-refractivity contribution in [3.8, 4) is 0 Å². The van der Waals surface area contributed by atoms with Gasteiger partial charge in [-0.2, -0.15) is 0 Å². The maximum absolute atomic E-state index is 12.9. The molecule has 1 aromatic carbocycles. The maximum atomic E-state index is 12.9. The predicted molar refractivity (Wildman–Crippen MR) is 102 cm³/mol. The predicted octanol–water partition coefficient (Wildman–Crippen LogP) is 3.93. The maximum Gasteiger partial charge on any atom is 0.242 e. The summed E-state index contributed by atoms with van der Waals surface area (Å²) < 4.78 is 0. The Bertz CT molecular complexity index is 656. The van der Waals surface area contributed by atoms with E-state index in [9.17, 15) is 9.59 Å². The van der Waals surface area contributed by atoms with E-state index in [1.54, 1.807) is 16.2 Å². The zero-order valence-corrected chi connectivity index (χ0v) is 15.8. The van der Waals surface area contributed by atoms with E-state index >= 15 is 0 Å². The van der Waals surface area contributed by atoms with Crippen LogP contribution in [0.3, 0.4) is 0 Å². The number of carbonyl (C=O) groups excluding carboxylic acids is 2. The first-order valence-electron chi connectivity index (χ1n) is 8.75. The van der Waals surface area contributed by atoms with Crippen LogP contribution in [0.25, 0.3) is 0 Å². The molecule has 4 nitrogen and oxygen atoms in total. The summed E-state index contributed by atoms with van der Waals surface area (Å²) in [7, 11) is 0. The molecule has 2 aromatic rings. The second kappa shape index (κ2) is 9.99. The van der Waals surface area contributed by atoms with Crippen molar-refractivity contribution in [2.45, 2.75) is 39.8 Å². The van der Waals surface area contributed by atoms with E-state index in [1.807, 2.05) is 66.6 Å². The van der Waals surface area contributed by atoms with E-state index in [0.717, 1.165) is 16.9 Å². The van der Waals surface area contributed by atoms with Gasteiger partial charge in [0, 0.05) is 24.4 Å². The van der Waals surface area contributed by atoms with E-state index in [4.69, 9.17) is 0 Å². The molecule has 0 spiro atoms. The van der Waals surface area contributed by atoms with Crippen molar-refractivity contribution in [3.05, 3.63) is 58.3 Å². The lowest BCUT2D eigenvalue weighted by Crippen LogP contribution is -2.42. The number of carbonyl (C=O) groups is 2. The minimum atomic E-state index is -0.00694. The van der Waals surface area contributed by atoms with Gasteiger partial charge in [-0.3, -0.25) is 9.59 Å². The van der Waals surface area contributed by atoms with Gasteiger partial charge >= 0.3 is 0 Å². The average Bonchev–Trinajstić information content (AvgIpc) is 3.14. The Hall–Kier alpha value is -2.14. The van der Waals surface area contributed by atoms with Gasteiger partial charge in [-0.25, -0.2) is 0 Å². The van der Waals surface area contributed by atoms with Crippen LogP contribution in [0.4, 0.5) is 0 Å². The first-order valence-corrected chi connectivity index (χ1v) is 9.63. The van der Waals surface area contributed by atoms with Crippen LogP contribution >= 0.6 is 11.3 Å². The molecular weight excluding hydrogens is 332 g/mol. The van der Waals surface area contributed by atoms with Gasteiger partial charge in [-0.05, 0) is 23.4 Å². The fraction of sp³-hybridized carbons (Fsp3) is 0.400. The Labute approximate surface area is 154 Å². The normalized spacial score (nSPS) is 10.5. The molecule has 0 saturated carbocycles. The highest BCUT2D eigenvalue weighted by atomic mass is 32.1. The highest BCUT2D eigenvalue weighted by Crippen LogP contribution is 2.15. The van der Waals surface area contributed by atoms with Crippen molar-refractivity contribution < 1.29 is 9.59 Å². The first kappa shape index (κ1) is 19.2. The van der Waals surface area contributed by atoms with Crippen LogP contribution in [0.15, 0.2) is 47.8 Å². The molecule has 0 N–H and O–H groups in total. The third-order valence-electron chi connectivity index (χ3n) is 3.97. The number of nitrogens with zero attached hydrogens (tertiary/aromatic N) is 2. The van der Waals surface area contributed by atoms with Crippen molar-refractivity contribution in [3.63, 3.8) is 0 Å². The Morgan fingerprint density at radius 2 is 1.68 bits per heavy atom. The van der Waals surface area contributed by atoms with Gasteiger partial charge < -0.3 is 9.80 Å². The molecule has 1 heterocycles. The molecule has 2 amide bonds. The van der Waals surface area contributed by atoms with Gasteiger partial charge in [0.15, 0.2) is 0 Å². The fourth-order valence-corrected chi connectivity index (χ4v) is 3.39. The molecule has 5 heteroatoms. The number of thiophene rings is 1. The second-order valence-electron chi connectivity index (χ2n) is 5.98. The molecular formula is C20H26N2O2S. The molecule has 0 aliphatic rings. The lowest BCUT2D eigenvalue weighted by molar-refractivity contribution is -0.141. The summed E-state index contributed by atoms with van der Waals surface area (Å²) in [4.78, 5) is 29.7. The van der Waals surface area contributed by atoms with Gasteiger partial charge in [0.1, 0.15) is 0 Å². The summed E-state index contributed by atoms with van der Waals surface area (Å²) in [5, 5.41) is 2.02. The van der Waals surface area contributed by atoms with E-state index in [0.29, 0.717) is 26.1 Å². The van der Waals surface area contributed by atoms with E-state index < -0.39 is 0 Å². The molecule has 0 atom stereocenters. The number of benzene rings is 1. The van der Waals surface area contributed by atoms with Gasteiger partial charge in [0.25, 0.3) is 0 Å². The third-order valence-corrected chi connectivity index (χ3v) is 4.83. The van der Waals surface area contributed by atoms with Gasteiger partial charge in [0.05, 0.1) is 13.1 Å². The number of hydrogen-bond acceptors (Lipinski definition) is 3. The van der Waals surface area contributed by atoms with Crippen LogP contribution in [0.5, 0.6) is 0 Å². The molecule has 0 saturated heterocycles. The van der Waals surface area contributed by atoms with Crippen molar-refractivity contribution in [2.75, 3.05) is 13.1 Å². The molecule has 0 unspecified atom stereocenters. The van der Waals surface area contributed by atoms with E-state index in [1.165, 1.54) is 0 Å². The molecule has 25 heavy (non-hydrogen) atoms. The van der Waals surface area contributed by atoms with Crippen LogP contribution in [0.1, 0.15) is 37.1 Å². The van der Waals surface area contributed by atoms with Crippen molar-refractivity contribution in [1.82, 2.24) is 9.80 Å². The van der Waals surface area contributed by atoms with Crippen LogP contribution in [-0.4, -0.2) is 34.7 Å². The van der Waals surface area contributed by atoms with E-state index in [2.05, 4.69) is 0 Å². The fourth-order valence-electron chi connectivity index (χ4n) is 2.68. The third kappa shape index (κ3) is 6.02. The molecule has 134 valence electrons. The Balaban J connectivity index is 2.12. The molecule has 0 aliphatic heterocycles. The minimum absolute atomic E-state index is 0.00694. The van der Waals surface area contributed by atoms with E-state index in [-0.39, 0.29) is 18.4 Å². The summed E-state index contributed by atoms with van der Waals surface area (Å²) in [6.45, 7) is 5.76. The Morgan fingerprint density at radius 1 is 0.920 bits per heavy atom. The van der Waals surface area contributed by atoms with Crippen LogP contribution < -0.4 is 0 Å². The number of rotatable bonds is 9. The molecule has 0 radical (unpaired) electrons. The van der Waals surface area contributed by atoms with Crippen LogP contribution in [0, 0.1) is 0 Å². The standard InChI is InChI=1S/C20H26N2O2S/c1-3-12-21(19(23)4-2)16-20(24)22(15-18-11-8-13-25-18)14-17-9-6-5-7-10-17/h5-11,13H,3-4,12,14-16H2,1-2H3. The Kier molecular flexibility index (Phi) is 7.67. The van der Waals surface area contributed by atoms with Crippen molar-refractivity contribution >= 4 is 23.2 Å². The molecule has 1 aromatic heterocycles. The molecule has 2 rings (SSSR count). The topological polar surface area (TPSA) is 40.6 Å². The summed E-state index contributed by atoms with van der Waals surface area (Å²) >= 11 is 1.64. The summed E-state index contributed by atoms with van der Waals surface area (Å²) in [6.07, 6.45) is 1.28. The lowest BCUT2D eigenvalue weighted by atomic mass is 10.2. The summed E-state index contributed by atoms with van der Waals surface area (Å²) in [5.74, 6) is 0.0264. The molecule has 0 fully saturated rings. The highest BCUT2D eigenvalue weighted by molar-refractivity contribution is 7.09. The van der Waals surface area contributed by atoms with Crippen molar-refractivity contribution in [2.24, 2.45) is 0 Å². The summed E-state index contributed by atoms with van der Waals surface area (Å²) in [6, 6.07) is 14.0. The minimum Gasteiger partial charge on any atom is -0.333 e. The second-order valence-corrected chi connectivity index (χ2v) is 7.02. The van der Waals surface area contributed by atoms with Gasteiger partial charge in [0.2, 0.25) is 11.8 Å². The van der Waals surface area contributed by atoms with Crippen LogP contribution in [-0.2, 0) is 22.7 Å².